The summed E-state index contributed by atoms with van der Waals surface area (Å²) in [5.41, 5.74) is 7.16. The van der Waals surface area contributed by atoms with Crippen molar-refractivity contribution in [3.8, 4) is 0 Å². The molecule has 2 heterocycles. The molecule has 1 aliphatic carbocycles. The van der Waals surface area contributed by atoms with Crippen molar-refractivity contribution in [3.05, 3.63) is 23.8 Å². The number of hydrogen-bond donors (Lipinski definition) is 2. The van der Waals surface area contributed by atoms with E-state index in [0.717, 1.165) is 25.7 Å². The molecule has 3 rings (SSSR count). The topological polar surface area (TPSA) is 88.3 Å². The van der Waals surface area contributed by atoms with Gasteiger partial charge in [0.2, 0.25) is 5.91 Å². The van der Waals surface area contributed by atoms with Gasteiger partial charge in [-0.2, -0.15) is 0 Å². The van der Waals surface area contributed by atoms with Crippen molar-refractivity contribution in [2.75, 3.05) is 14.2 Å². The number of amides is 1. The molecule has 1 saturated heterocycles. The van der Waals surface area contributed by atoms with E-state index in [2.05, 4.69) is 25.2 Å². The van der Waals surface area contributed by atoms with Crippen LogP contribution in [-0.2, 0) is 14.3 Å². The van der Waals surface area contributed by atoms with Gasteiger partial charge in [-0.25, -0.2) is 0 Å². The summed E-state index contributed by atoms with van der Waals surface area (Å²) in [6, 6.07) is -0.138. The standard InChI is InChI=1S/C25H41ClN2O4/c1-16-7-5-6-8-18(27)14-19(29)15-22-25(2,32-22)10-9-23(30)28(3)20-12-17(11-16)13-21(31-4)24(20)26/h5-7,17-22,24,29H,8-15,27H2,1-4H3/b6-5+,16-7+/t17?,18?,19-,20?,21?,22?,24?,25-/m0/s1. The van der Waals surface area contributed by atoms with Gasteiger partial charge in [-0.1, -0.05) is 23.8 Å². The molecule has 3 N–H and O–H groups in total. The molecule has 6 unspecified atom stereocenters. The largest absolute Gasteiger partial charge is 0.393 e. The van der Waals surface area contributed by atoms with Crippen LogP contribution < -0.4 is 5.73 Å². The van der Waals surface area contributed by atoms with E-state index in [1.165, 1.54) is 5.57 Å². The molecule has 32 heavy (non-hydrogen) atoms. The maximum absolute atomic E-state index is 13.1. The maximum atomic E-state index is 13.1. The first kappa shape index (κ1) is 25.7. The summed E-state index contributed by atoms with van der Waals surface area (Å²) in [4.78, 5) is 14.9. The zero-order chi connectivity index (χ0) is 23.5. The lowest BCUT2D eigenvalue weighted by Gasteiger charge is -2.42. The lowest BCUT2D eigenvalue weighted by Crippen LogP contribution is -2.52. The van der Waals surface area contributed by atoms with Crippen LogP contribution in [0.15, 0.2) is 23.8 Å². The van der Waals surface area contributed by atoms with Crippen molar-refractivity contribution < 1.29 is 19.4 Å². The molecule has 8 atom stereocenters. The number of carbonyl (C=O) groups is 1. The fourth-order valence-corrected chi connectivity index (χ4v) is 5.84. The van der Waals surface area contributed by atoms with Gasteiger partial charge >= 0.3 is 0 Å². The van der Waals surface area contributed by atoms with E-state index in [1.54, 1.807) is 7.11 Å². The molecule has 1 amide bonds. The van der Waals surface area contributed by atoms with Gasteiger partial charge in [-0.15, -0.1) is 11.6 Å². The van der Waals surface area contributed by atoms with Gasteiger partial charge in [-0.05, 0) is 58.3 Å². The minimum atomic E-state index is -0.495. The first-order valence-electron chi connectivity index (χ1n) is 12.0. The predicted octanol–water partition coefficient (Wildman–Crippen LogP) is 3.55. The zero-order valence-electron chi connectivity index (χ0n) is 20.0. The van der Waals surface area contributed by atoms with Crippen LogP contribution in [-0.4, -0.2) is 71.4 Å². The van der Waals surface area contributed by atoms with Gasteiger partial charge in [-0.3, -0.25) is 4.79 Å². The fraction of sp³-hybridized carbons (Fsp3) is 0.800. The van der Waals surface area contributed by atoms with E-state index in [9.17, 15) is 9.90 Å². The normalized spacial score (nSPS) is 45.0. The molecule has 2 bridgehead atoms. The molecular weight excluding hydrogens is 428 g/mol. The van der Waals surface area contributed by atoms with Crippen LogP contribution in [0.2, 0.25) is 0 Å². The number of aliphatic hydroxyl groups is 1. The Bertz CT molecular complexity index is 714. The van der Waals surface area contributed by atoms with Gasteiger partial charge in [0, 0.05) is 33.0 Å². The highest BCUT2D eigenvalue weighted by Crippen LogP contribution is 2.44. The minimum Gasteiger partial charge on any atom is -0.393 e. The van der Waals surface area contributed by atoms with Crippen LogP contribution in [0, 0.1) is 5.92 Å². The first-order chi connectivity index (χ1) is 15.1. The van der Waals surface area contributed by atoms with Crippen molar-refractivity contribution >= 4 is 17.5 Å². The number of methoxy groups -OCH3 is 1. The van der Waals surface area contributed by atoms with Crippen molar-refractivity contribution in [1.82, 2.24) is 4.90 Å². The number of allylic oxidation sites excluding steroid dienone is 3. The summed E-state index contributed by atoms with van der Waals surface area (Å²) in [5.74, 6) is 0.496. The molecule has 0 aromatic rings. The fourth-order valence-electron chi connectivity index (χ4n) is 5.36. The van der Waals surface area contributed by atoms with Gasteiger partial charge in [0.25, 0.3) is 0 Å². The van der Waals surface area contributed by atoms with Gasteiger partial charge in [0.1, 0.15) is 0 Å². The molecule has 7 heteroatoms. The van der Waals surface area contributed by atoms with Crippen LogP contribution in [0.4, 0.5) is 0 Å². The molecule has 0 aromatic carbocycles. The van der Waals surface area contributed by atoms with Crippen molar-refractivity contribution in [2.24, 2.45) is 11.7 Å². The Hall–Kier alpha value is -0.920. The molecule has 6 nitrogen and oxygen atoms in total. The average molecular weight is 469 g/mol. The Morgan fingerprint density at radius 2 is 2.06 bits per heavy atom. The highest BCUT2D eigenvalue weighted by Gasteiger charge is 2.52. The van der Waals surface area contributed by atoms with E-state index in [-0.39, 0.29) is 41.2 Å². The molecule has 2 fully saturated rings. The summed E-state index contributed by atoms with van der Waals surface area (Å²) in [5, 5.41) is 10.2. The number of nitrogens with two attached hydrogens (primary N) is 1. The summed E-state index contributed by atoms with van der Waals surface area (Å²) in [7, 11) is 3.57. The number of alkyl halides is 1. The van der Waals surface area contributed by atoms with Crippen molar-refractivity contribution in [1.29, 1.82) is 0 Å². The highest BCUT2D eigenvalue weighted by atomic mass is 35.5. The van der Waals surface area contributed by atoms with E-state index in [1.807, 2.05) is 18.9 Å². The Morgan fingerprint density at radius 1 is 1.31 bits per heavy atom. The quantitative estimate of drug-likeness (QED) is 0.454. The smallest absolute Gasteiger partial charge is 0.222 e. The Morgan fingerprint density at radius 3 is 2.78 bits per heavy atom. The first-order valence-corrected chi connectivity index (χ1v) is 12.4. The number of ether oxygens (including phenoxy) is 2. The molecule has 0 spiro atoms. The number of halogens is 1. The van der Waals surface area contributed by atoms with E-state index < -0.39 is 6.10 Å². The second-order valence-corrected chi connectivity index (χ2v) is 10.8. The third-order valence-electron chi connectivity index (χ3n) is 7.55. The van der Waals surface area contributed by atoms with E-state index >= 15 is 0 Å². The predicted molar refractivity (Wildman–Crippen MR) is 128 cm³/mol. The number of epoxide rings is 1. The SMILES string of the molecule is COC1CC2C/C(C)=C/C=C/CC(N)C[C@H](O)CC3O[C@@]3(C)CCC(=O)N(C)C(C2)C1Cl. The molecule has 182 valence electrons. The lowest BCUT2D eigenvalue weighted by molar-refractivity contribution is -0.134. The van der Waals surface area contributed by atoms with Gasteiger partial charge < -0.3 is 25.2 Å². The van der Waals surface area contributed by atoms with E-state index in [4.69, 9.17) is 26.8 Å². The molecular formula is C25H41ClN2O4. The number of fused-ring (bicyclic) bond motifs is 3. The number of rotatable bonds is 1. The lowest BCUT2D eigenvalue weighted by atomic mass is 9.79. The number of carbonyl (C=O) groups excluding carboxylic acids is 1. The second-order valence-electron chi connectivity index (χ2n) is 10.3. The third kappa shape index (κ3) is 6.57. The van der Waals surface area contributed by atoms with Crippen molar-refractivity contribution in [3.63, 3.8) is 0 Å². The Balaban J connectivity index is 1.76. The summed E-state index contributed by atoms with van der Waals surface area (Å²) in [6.45, 7) is 4.17. The Labute approximate surface area is 198 Å². The molecule has 0 radical (unpaired) electrons. The molecule has 0 aromatic heterocycles. The average Bonchev–Trinajstić information content (AvgIpc) is 3.38. The zero-order valence-corrected chi connectivity index (χ0v) is 20.8. The van der Waals surface area contributed by atoms with Crippen LogP contribution in [0.1, 0.15) is 65.2 Å². The maximum Gasteiger partial charge on any atom is 0.222 e. The summed E-state index contributed by atoms with van der Waals surface area (Å²) in [6.07, 6.45) is 11.3. The van der Waals surface area contributed by atoms with Crippen LogP contribution in [0.25, 0.3) is 0 Å². The van der Waals surface area contributed by atoms with Crippen LogP contribution in [0.5, 0.6) is 0 Å². The van der Waals surface area contributed by atoms with Crippen LogP contribution >= 0.6 is 11.6 Å². The van der Waals surface area contributed by atoms with E-state index in [0.29, 0.717) is 31.6 Å². The van der Waals surface area contributed by atoms with Gasteiger partial charge in [0.05, 0.1) is 35.3 Å². The molecule has 1 saturated carbocycles. The number of hydrogen-bond acceptors (Lipinski definition) is 5. The Kier molecular flexibility index (Phi) is 8.84. The minimum absolute atomic E-state index is 0.0243. The molecule has 2 aliphatic heterocycles. The number of aliphatic hydroxyl groups excluding tert-OH is 1. The van der Waals surface area contributed by atoms with Gasteiger partial charge in [0.15, 0.2) is 0 Å². The highest BCUT2D eigenvalue weighted by molar-refractivity contribution is 6.21. The number of nitrogens with zero attached hydrogens (tertiary/aromatic N) is 1. The summed E-state index contributed by atoms with van der Waals surface area (Å²) < 4.78 is 11.6. The van der Waals surface area contributed by atoms with Crippen molar-refractivity contribution in [2.45, 2.75) is 107 Å². The monoisotopic (exact) mass is 468 g/mol. The summed E-state index contributed by atoms with van der Waals surface area (Å²) >= 11 is 6.79. The third-order valence-corrected chi connectivity index (χ3v) is 8.13. The van der Waals surface area contributed by atoms with Crippen LogP contribution in [0.3, 0.4) is 0 Å². The molecule has 3 aliphatic rings. The second kappa shape index (κ2) is 11.0.